The number of carbonyl (C=O) groups excluding carboxylic acids is 2. The maximum atomic E-state index is 13.6. The Hall–Kier alpha value is -3.80. The number of halogens is 1. The minimum atomic E-state index is -0.469. The monoisotopic (exact) mass is 495 g/mol. The number of Topliss-reactive ketones (excluding diaryl/α,β-unsaturated/α-hetero) is 1. The Bertz CT molecular complexity index is 1530. The van der Waals surface area contributed by atoms with E-state index in [0.717, 1.165) is 27.4 Å². The fraction of sp³-hybridized carbons (Fsp3) is 0.0345. The summed E-state index contributed by atoms with van der Waals surface area (Å²) in [4.78, 5) is 27.3. The molecular weight excluding hydrogens is 478 g/mol. The lowest BCUT2D eigenvalue weighted by Gasteiger charge is -2.18. The quantitative estimate of drug-likeness (QED) is 0.236. The summed E-state index contributed by atoms with van der Waals surface area (Å²) >= 11 is 7.54. The topological polar surface area (TPSA) is 55.4 Å². The Kier molecular flexibility index (Phi) is 5.44. The minimum absolute atomic E-state index is 0.0111. The molecule has 1 aliphatic carbocycles. The molecule has 4 aromatic carbocycles. The summed E-state index contributed by atoms with van der Waals surface area (Å²) in [6, 6.07) is 29.6. The van der Waals surface area contributed by atoms with Gasteiger partial charge in [0.05, 0.1) is 22.2 Å². The first-order valence-electron chi connectivity index (χ1n) is 11.1. The third kappa shape index (κ3) is 3.93. The normalized spacial score (nSPS) is 16.0. The van der Waals surface area contributed by atoms with Crippen LogP contribution in [0.25, 0.3) is 5.70 Å². The molecule has 0 spiro atoms. The van der Waals surface area contributed by atoms with Crippen molar-refractivity contribution in [2.45, 2.75) is 10.1 Å². The van der Waals surface area contributed by atoms with Gasteiger partial charge < -0.3 is 10.1 Å². The van der Waals surface area contributed by atoms with E-state index < -0.39 is 5.97 Å². The van der Waals surface area contributed by atoms with Gasteiger partial charge in [-0.3, -0.25) is 4.79 Å². The van der Waals surface area contributed by atoms with E-state index in [1.807, 2.05) is 66.7 Å². The van der Waals surface area contributed by atoms with E-state index in [1.54, 1.807) is 42.1 Å². The van der Waals surface area contributed by atoms with Gasteiger partial charge in [-0.25, -0.2) is 4.79 Å². The first-order chi connectivity index (χ1) is 17.1. The molecule has 0 bridgehead atoms. The molecule has 0 saturated carbocycles. The van der Waals surface area contributed by atoms with Crippen LogP contribution in [0.2, 0.25) is 5.02 Å². The molecule has 170 valence electrons. The highest BCUT2D eigenvalue weighted by Gasteiger charge is 2.38. The zero-order chi connectivity index (χ0) is 23.9. The van der Waals surface area contributed by atoms with Gasteiger partial charge in [0.1, 0.15) is 5.75 Å². The number of fused-ring (bicyclic) bond motifs is 3. The average molecular weight is 496 g/mol. The summed E-state index contributed by atoms with van der Waals surface area (Å²) in [5.74, 6) is -0.0424. The van der Waals surface area contributed by atoms with Gasteiger partial charge >= 0.3 is 5.97 Å². The first kappa shape index (κ1) is 21.7. The number of rotatable bonds is 3. The summed E-state index contributed by atoms with van der Waals surface area (Å²) in [6.07, 6.45) is 0. The van der Waals surface area contributed by atoms with Gasteiger partial charge in [-0.2, -0.15) is 0 Å². The Balaban J connectivity index is 1.41. The van der Waals surface area contributed by atoms with E-state index in [4.69, 9.17) is 16.3 Å². The minimum Gasteiger partial charge on any atom is -0.423 e. The molecule has 1 N–H and O–H groups in total. The van der Waals surface area contributed by atoms with Crippen molar-refractivity contribution in [3.05, 3.63) is 130 Å². The molecule has 4 nitrogen and oxygen atoms in total. The van der Waals surface area contributed by atoms with Gasteiger partial charge in [0.15, 0.2) is 5.78 Å². The molecule has 0 aromatic heterocycles. The second-order valence-corrected chi connectivity index (χ2v) is 9.83. The molecule has 0 fully saturated rings. The van der Waals surface area contributed by atoms with Crippen molar-refractivity contribution in [2.75, 3.05) is 5.32 Å². The number of hydrogen-bond donors (Lipinski definition) is 1. The molecule has 1 aliphatic heterocycles. The fourth-order valence-electron chi connectivity index (χ4n) is 4.41. The molecule has 0 unspecified atom stereocenters. The highest BCUT2D eigenvalue weighted by Crippen LogP contribution is 2.52. The van der Waals surface area contributed by atoms with E-state index >= 15 is 0 Å². The molecule has 1 heterocycles. The smallest absolute Gasteiger partial charge is 0.343 e. The van der Waals surface area contributed by atoms with Gasteiger partial charge in [-0.15, -0.1) is 11.8 Å². The summed E-state index contributed by atoms with van der Waals surface area (Å²) in [5, 5.41) is 3.79. The number of ether oxygens (including phenoxy) is 1. The molecule has 2 aliphatic rings. The summed E-state index contributed by atoms with van der Waals surface area (Å²) in [6.45, 7) is 0. The Morgan fingerprint density at radius 1 is 0.857 bits per heavy atom. The summed E-state index contributed by atoms with van der Waals surface area (Å²) in [5.41, 5.74) is 5.38. The molecule has 1 atom stereocenters. The molecule has 6 heteroatoms. The Morgan fingerprint density at radius 3 is 2.43 bits per heavy atom. The standard InChI is InChI=1S/C29H18ClNO3S/c30-19-14-12-17(13-15-19)29(33)34-20-7-5-6-18(16-20)28-25-26(21-8-1-2-9-22(21)27(25)32)31-23-10-3-4-11-24(23)35-28/h1-16,28,31H/t28-/m0/s1. The van der Waals surface area contributed by atoms with E-state index in [1.165, 1.54) is 0 Å². The molecule has 4 aromatic rings. The number of carbonyl (C=O) groups is 2. The lowest BCUT2D eigenvalue weighted by atomic mass is 10.0. The van der Waals surface area contributed by atoms with E-state index in [0.29, 0.717) is 27.5 Å². The number of anilines is 1. The maximum Gasteiger partial charge on any atom is 0.343 e. The zero-order valence-corrected chi connectivity index (χ0v) is 19.9. The largest absolute Gasteiger partial charge is 0.423 e. The average Bonchev–Trinajstić information content (AvgIpc) is 3.04. The third-order valence-electron chi connectivity index (χ3n) is 6.06. The van der Waals surface area contributed by atoms with Crippen LogP contribution < -0.4 is 10.1 Å². The van der Waals surface area contributed by atoms with Crippen LogP contribution in [0.1, 0.15) is 37.1 Å². The van der Waals surface area contributed by atoms with E-state index in [9.17, 15) is 9.59 Å². The predicted octanol–water partition coefficient (Wildman–Crippen LogP) is 7.43. The number of hydrogen-bond acceptors (Lipinski definition) is 5. The van der Waals surface area contributed by atoms with Crippen LogP contribution in [0.15, 0.2) is 108 Å². The highest BCUT2D eigenvalue weighted by molar-refractivity contribution is 8.00. The number of benzene rings is 4. The maximum absolute atomic E-state index is 13.6. The van der Waals surface area contributed by atoms with Crippen molar-refractivity contribution < 1.29 is 14.3 Å². The van der Waals surface area contributed by atoms with Gasteiger partial charge in [-0.05, 0) is 54.1 Å². The van der Waals surface area contributed by atoms with Crippen LogP contribution in [0, 0.1) is 0 Å². The van der Waals surface area contributed by atoms with Crippen molar-refractivity contribution in [1.29, 1.82) is 0 Å². The molecule has 35 heavy (non-hydrogen) atoms. The van der Waals surface area contributed by atoms with Crippen molar-refractivity contribution in [3.8, 4) is 5.75 Å². The van der Waals surface area contributed by atoms with Crippen LogP contribution >= 0.6 is 23.4 Å². The number of esters is 1. The highest BCUT2D eigenvalue weighted by atomic mass is 35.5. The number of para-hydroxylation sites is 1. The first-order valence-corrected chi connectivity index (χ1v) is 12.3. The number of ketones is 1. The predicted molar refractivity (Wildman–Crippen MR) is 139 cm³/mol. The van der Waals surface area contributed by atoms with Crippen LogP contribution in [0.3, 0.4) is 0 Å². The van der Waals surface area contributed by atoms with Crippen LogP contribution in [0.4, 0.5) is 5.69 Å². The van der Waals surface area contributed by atoms with E-state index in [2.05, 4.69) is 5.32 Å². The van der Waals surface area contributed by atoms with Crippen LogP contribution in [-0.4, -0.2) is 11.8 Å². The number of thioether (sulfide) groups is 1. The van der Waals surface area contributed by atoms with Gasteiger partial charge in [-0.1, -0.05) is 60.1 Å². The number of nitrogens with one attached hydrogen (secondary N) is 1. The second kappa shape index (κ2) is 8.77. The molecule has 6 rings (SSSR count). The lowest BCUT2D eigenvalue weighted by Crippen LogP contribution is -2.10. The fourth-order valence-corrected chi connectivity index (χ4v) is 5.82. The molecule has 0 saturated heterocycles. The van der Waals surface area contributed by atoms with Crippen molar-refractivity contribution in [1.82, 2.24) is 0 Å². The van der Waals surface area contributed by atoms with Crippen LogP contribution in [-0.2, 0) is 0 Å². The van der Waals surface area contributed by atoms with Gasteiger partial charge in [0, 0.05) is 26.6 Å². The van der Waals surface area contributed by atoms with Crippen molar-refractivity contribution >= 4 is 46.5 Å². The molecular formula is C29H18ClNO3S. The van der Waals surface area contributed by atoms with Gasteiger partial charge in [0.2, 0.25) is 0 Å². The summed E-state index contributed by atoms with van der Waals surface area (Å²) in [7, 11) is 0. The lowest BCUT2D eigenvalue weighted by molar-refractivity contribution is 0.0734. The molecule has 0 radical (unpaired) electrons. The van der Waals surface area contributed by atoms with Crippen LogP contribution in [0.5, 0.6) is 5.75 Å². The Morgan fingerprint density at radius 2 is 1.60 bits per heavy atom. The van der Waals surface area contributed by atoms with Crippen molar-refractivity contribution in [2.24, 2.45) is 0 Å². The van der Waals surface area contributed by atoms with Gasteiger partial charge in [0.25, 0.3) is 0 Å². The molecule has 0 amide bonds. The zero-order valence-electron chi connectivity index (χ0n) is 18.3. The van der Waals surface area contributed by atoms with Crippen molar-refractivity contribution in [3.63, 3.8) is 0 Å². The Labute approximate surface area is 211 Å². The summed E-state index contributed by atoms with van der Waals surface area (Å²) < 4.78 is 5.66. The third-order valence-corrected chi connectivity index (χ3v) is 7.67. The SMILES string of the molecule is O=C(Oc1cccc([C@@H]2Sc3ccccc3NC3=C2C(=O)c2ccccc23)c1)c1ccc(Cl)cc1. The van der Waals surface area contributed by atoms with E-state index in [-0.39, 0.29) is 11.0 Å². The second-order valence-electron chi connectivity index (χ2n) is 8.25.